The molecule has 254 valence electrons. The maximum Gasteiger partial charge on any atom is 0.364 e. The van der Waals surface area contributed by atoms with Crippen LogP contribution in [0.3, 0.4) is 0 Å². The van der Waals surface area contributed by atoms with Gasteiger partial charge >= 0.3 is 22.7 Å². The second kappa shape index (κ2) is 14.6. The number of ether oxygens (including phenoxy) is 2. The van der Waals surface area contributed by atoms with Crippen LogP contribution in [0.4, 0.5) is 0 Å². The Hall–Kier alpha value is -4.70. The van der Waals surface area contributed by atoms with E-state index in [2.05, 4.69) is 84.9 Å². The summed E-state index contributed by atoms with van der Waals surface area (Å²) in [5.74, 6) is 3.96. The molecule has 4 nitrogen and oxygen atoms in total. The summed E-state index contributed by atoms with van der Waals surface area (Å²) in [4.78, 5) is 0. The quantitative estimate of drug-likeness (QED) is 0.0910. The van der Waals surface area contributed by atoms with Crippen molar-refractivity contribution in [3.05, 3.63) is 118 Å². The van der Waals surface area contributed by atoms with E-state index in [9.17, 15) is 0 Å². The van der Waals surface area contributed by atoms with E-state index >= 15 is 0 Å². The molecule has 0 unspecified atom stereocenters. The van der Waals surface area contributed by atoms with Crippen LogP contribution in [0.15, 0.2) is 93.8 Å². The predicted molar refractivity (Wildman–Crippen MR) is 204 cm³/mol. The summed E-state index contributed by atoms with van der Waals surface area (Å²) in [7, 11) is 3.48. The van der Waals surface area contributed by atoms with Gasteiger partial charge in [-0.05, 0) is 122 Å². The lowest BCUT2D eigenvalue weighted by Crippen LogP contribution is -2.08. The van der Waals surface area contributed by atoms with Crippen LogP contribution in [0.25, 0.3) is 44.6 Å². The molecule has 2 aliphatic rings. The van der Waals surface area contributed by atoms with Crippen LogP contribution in [-0.2, 0) is 38.5 Å². The third kappa shape index (κ3) is 6.37. The van der Waals surface area contributed by atoms with Gasteiger partial charge in [-0.1, -0.05) is 62.8 Å². The number of aryl methyl sites for hydroxylation is 4. The number of benzene rings is 4. The highest BCUT2D eigenvalue weighted by molar-refractivity contribution is 5.87. The van der Waals surface area contributed by atoms with E-state index in [1.807, 2.05) is 0 Å². The van der Waals surface area contributed by atoms with Gasteiger partial charge in [0.1, 0.15) is 11.5 Å². The van der Waals surface area contributed by atoms with Crippen molar-refractivity contribution in [3.8, 4) is 34.1 Å². The van der Waals surface area contributed by atoms with Crippen LogP contribution >= 0.6 is 0 Å². The first kappa shape index (κ1) is 32.5. The highest BCUT2D eigenvalue weighted by atomic mass is 16.5. The molecule has 2 heterocycles. The Balaban J connectivity index is 0.850. The Bertz CT molecular complexity index is 2010. The smallest absolute Gasteiger partial charge is 0.364 e. The predicted octanol–water partition coefficient (Wildman–Crippen LogP) is 12.2. The first-order valence-electron chi connectivity index (χ1n) is 18.8. The molecule has 0 spiro atoms. The molecule has 50 heavy (non-hydrogen) atoms. The molecule has 0 amide bonds. The molecular formula is C46H48O4+2. The normalized spacial score (nSPS) is 13.1. The summed E-state index contributed by atoms with van der Waals surface area (Å²) in [6, 6.07) is 30.0. The molecule has 0 N–H and O–H groups in total. The summed E-state index contributed by atoms with van der Waals surface area (Å²) in [6.07, 6.45) is 16.6. The van der Waals surface area contributed by atoms with E-state index in [0.717, 1.165) is 72.7 Å². The van der Waals surface area contributed by atoms with Crippen LogP contribution in [0, 0.1) is 0 Å². The lowest BCUT2D eigenvalue weighted by molar-refractivity contribution is 0.414. The third-order valence-corrected chi connectivity index (χ3v) is 11.1. The first-order chi connectivity index (χ1) is 24.7. The summed E-state index contributed by atoms with van der Waals surface area (Å²) in [5, 5.41) is 2.57. The van der Waals surface area contributed by atoms with Gasteiger partial charge in [0, 0.05) is 12.1 Å². The van der Waals surface area contributed by atoms with Gasteiger partial charge in [0.2, 0.25) is 0 Å². The topological polar surface area (TPSA) is 41.1 Å². The minimum Gasteiger partial charge on any atom is -0.497 e. The lowest BCUT2D eigenvalue weighted by Gasteiger charge is -2.17. The second-order valence-electron chi connectivity index (χ2n) is 14.1. The van der Waals surface area contributed by atoms with Crippen LogP contribution < -0.4 is 9.47 Å². The van der Waals surface area contributed by atoms with Crippen LogP contribution in [0.5, 0.6) is 11.5 Å². The van der Waals surface area contributed by atoms with Gasteiger partial charge < -0.3 is 9.47 Å². The zero-order valence-electron chi connectivity index (χ0n) is 29.6. The van der Waals surface area contributed by atoms with Crippen molar-refractivity contribution in [2.45, 2.75) is 89.9 Å². The van der Waals surface area contributed by atoms with Crippen molar-refractivity contribution in [1.82, 2.24) is 0 Å². The molecular weight excluding hydrogens is 617 g/mol. The zero-order chi connectivity index (χ0) is 33.9. The van der Waals surface area contributed by atoms with Crippen molar-refractivity contribution in [1.29, 1.82) is 0 Å². The van der Waals surface area contributed by atoms with Gasteiger partial charge in [-0.3, -0.25) is 0 Å². The average Bonchev–Trinajstić information content (AvgIpc) is 3.17. The molecule has 0 saturated carbocycles. The second-order valence-corrected chi connectivity index (χ2v) is 14.1. The highest BCUT2D eigenvalue weighted by Crippen LogP contribution is 2.42. The fraction of sp³-hybridized carbons (Fsp3) is 0.348. The molecule has 2 aliphatic carbocycles. The number of methoxy groups -OCH3 is 2. The minimum atomic E-state index is 0.918. The van der Waals surface area contributed by atoms with E-state index in [4.69, 9.17) is 18.3 Å². The number of fused-ring (bicyclic) bond motifs is 8. The van der Waals surface area contributed by atoms with Gasteiger partial charge in [-0.15, -0.1) is 0 Å². The number of unbranched alkanes of at least 4 members (excludes halogenated alkanes) is 7. The maximum absolute atomic E-state index is 6.57. The first-order valence-corrected chi connectivity index (χ1v) is 18.8. The number of rotatable bonds is 13. The minimum absolute atomic E-state index is 0.918. The molecule has 6 aromatic rings. The molecule has 0 saturated heterocycles. The fourth-order valence-corrected chi connectivity index (χ4v) is 8.52. The van der Waals surface area contributed by atoms with E-state index in [0.29, 0.717) is 0 Å². The van der Waals surface area contributed by atoms with E-state index < -0.39 is 0 Å². The van der Waals surface area contributed by atoms with Crippen molar-refractivity contribution < 1.29 is 18.3 Å². The molecule has 2 aromatic heterocycles. The Morgan fingerprint density at radius 1 is 0.480 bits per heavy atom. The standard InChI is InChI=1S/C46H48O4/c1-47-33-23-27-35-31(29-33)21-25-41-37(39-17-11-13-19-43(39)49-45(35)41)15-9-7-5-3-4-6-8-10-16-38-40-18-12-14-20-44(40)50-46-36-28-24-34(48-2)30-32(36)22-26-42(38)46/h11-14,17-20,23-24,27-30H,3-10,15-16,21-22,25-26H2,1-2H3/q+2. The van der Waals surface area contributed by atoms with Crippen molar-refractivity contribution in [3.63, 3.8) is 0 Å². The van der Waals surface area contributed by atoms with E-state index in [1.165, 1.54) is 107 Å². The summed E-state index contributed by atoms with van der Waals surface area (Å²) >= 11 is 0. The number of hydrogen-bond donors (Lipinski definition) is 0. The number of hydrogen-bond acceptors (Lipinski definition) is 2. The van der Waals surface area contributed by atoms with Crippen molar-refractivity contribution in [2.24, 2.45) is 0 Å². The Morgan fingerprint density at radius 3 is 1.34 bits per heavy atom. The van der Waals surface area contributed by atoms with Gasteiger partial charge in [0.15, 0.2) is 0 Å². The zero-order valence-corrected chi connectivity index (χ0v) is 29.6. The molecule has 0 fully saturated rings. The fourth-order valence-electron chi connectivity index (χ4n) is 8.52. The molecule has 8 rings (SSSR count). The molecule has 0 aliphatic heterocycles. The molecule has 0 radical (unpaired) electrons. The van der Waals surface area contributed by atoms with Gasteiger partial charge in [-0.2, -0.15) is 0 Å². The molecule has 4 heteroatoms. The van der Waals surface area contributed by atoms with Crippen LogP contribution in [-0.4, -0.2) is 14.2 Å². The van der Waals surface area contributed by atoms with Crippen LogP contribution in [0.1, 0.15) is 84.7 Å². The Labute approximate surface area is 296 Å². The monoisotopic (exact) mass is 664 g/mol. The SMILES string of the molecule is COc1ccc2c(c1)CCc1c-2[o+]c2ccccc2c1CCCCCCCCCCc1c2c([o+]c3ccccc13)-c1ccc(OC)cc1CC2. The van der Waals surface area contributed by atoms with E-state index in [1.54, 1.807) is 14.2 Å². The number of para-hydroxylation sites is 2. The van der Waals surface area contributed by atoms with E-state index in [-0.39, 0.29) is 0 Å². The van der Waals surface area contributed by atoms with Crippen LogP contribution in [0.2, 0.25) is 0 Å². The lowest BCUT2D eigenvalue weighted by atomic mass is 9.85. The highest BCUT2D eigenvalue weighted by Gasteiger charge is 2.33. The summed E-state index contributed by atoms with van der Waals surface area (Å²) in [6.45, 7) is 0. The van der Waals surface area contributed by atoms with Crippen molar-refractivity contribution >= 4 is 21.9 Å². The average molecular weight is 665 g/mol. The largest absolute Gasteiger partial charge is 0.497 e. The Morgan fingerprint density at radius 2 is 0.900 bits per heavy atom. The third-order valence-electron chi connectivity index (χ3n) is 11.1. The molecule has 4 aromatic carbocycles. The molecule has 0 atom stereocenters. The van der Waals surface area contributed by atoms with Gasteiger partial charge in [0.25, 0.3) is 0 Å². The summed E-state index contributed by atoms with van der Waals surface area (Å²) in [5.41, 5.74) is 12.9. The van der Waals surface area contributed by atoms with Gasteiger partial charge in [0.05, 0.1) is 47.2 Å². The summed E-state index contributed by atoms with van der Waals surface area (Å²) < 4.78 is 24.1. The van der Waals surface area contributed by atoms with Crippen molar-refractivity contribution in [2.75, 3.05) is 14.2 Å². The Kier molecular flexibility index (Phi) is 9.52. The molecule has 0 bridgehead atoms. The van der Waals surface area contributed by atoms with Gasteiger partial charge in [-0.25, -0.2) is 8.83 Å². The maximum atomic E-state index is 6.57.